The van der Waals surface area contributed by atoms with Crippen LogP contribution in [-0.2, 0) is 6.54 Å². The molecule has 1 aromatic rings. The van der Waals surface area contributed by atoms with E-state index in [0.29, 0.717) is 0 Å². The number of aromatic nitrogens is 1. The van der Waals surface area contributed by atoms with E-state index in [0.717, 1.165) is 29.3 Å². The average Bonchev–Trinajstić information content (AvgIpc) is 2.25. The summed E-state index contributed by atoms with van der Waals surface area (Å²) in [5, 5.41) is 0. The summed E-state index contributed by atoms with van der Waals surface area (Å²) in [5.41, 5.74) is 1.10. The van der Waals surface area contributed by atoms with Crippen molar-refractivity contribution in [3.05, 3.63) is 20.2 Å². The van der Waals surface area contributed by atoms with Crippen LogP contribution in [0.25, 0.3) is 0 Å². The second kappa shape index (κ2) is 4.14. The highest BCUT2D eigenvalue weighted by Crippen LogP contribution is 2.09. The predicted molar refractivity (Wildman–Crippen MR) is 56.5 cm³/mol. The lowest BCUT2D eigenvalue weighted by Crippen LogP contribution is -2.14. The Bertz CT molecular complexity index is 313. The van der Waals surface area contributed by atoms with E-state index in [1.807, 2.05) is 18.4 Å². The molecule has 0 fully saturated rings. The summed E-state index contributed by atoms with van der Waals surface area (Å²) in [7, 11) is 0. The molecule has 68 valence electrons. The molecule has 0 amide bonds. The van der Waals surface area contributed by atoms with Crippen molar-refractivity contribution in [2.45, 2.75) is 26.8 Å². The molecule has 2 nitrogen and oxygen atoms in total. The van der Waals surface area contributed by atoms with E-state index >= 15 is 0 Å². The molecule has 0 saturated carbocycles. The number of rotatable bonds is 3. The maximum absolute atomic E-state index is 11.3. The molecule has 0 unspecified atom stereocenters. The second-order valence-corrected chi connectivity index (χ2v) is 4.35. The van der Waals surface area contributed by atoms with Gasteiger partial charge in [-0.1, -0.05) is 11.3 Å². The molecule has 0 aromatic carbocycles. The van der Waals surface area contributed by atoms with Gasteiger partial charge in [0.15, 0.2) is 0 Å². The summed E-state index contributed by atoms with van der Waals surface area (Å²) in [6.45, 7) is 4.78. The van der Waals surface area contributed by atoms with Crippen LogP contribution in [0.2, 0.25) is 0 Å². The third kappa shape index (κ3) is 1.93. The van der Waals surface area contributed by atoms with Crippen LogP contribution >= 0.6 is 24.0 Å². The van der Waals surface area contributed by atoms with Crippen LogP contribution in [0.15, 0.2) is 4.79 Å². The maximum atomic E-state index is 11.3. The number of thiazole rings is 1. The molecule has 0 aliphatic rings. The summed E-state index contributed by atoms with van der Waals surface area (Å²) >= 11 is 5.44. The number of hydrogen-bond acceptors (Lipinski definition) is 3. The van der Waals surface area contributed by atoms with Crippen molar-refractivity contribution in [3.8, 4) is 0 Å². The predicted octanol–water partition coefficient (Wildman–Crippen LogP) is 1.85. The molecular weight excluding hydrogens is 190 g/mol. The number of nitrogens with zero attached hydrogens (tertiary/aromatic N) is 1. The zero-order valence-electron chi connectivity index (χ0n) is 7.33. The summed E-state index contributed by atoms with van der Waals surface area (Å²) in [6.07, 6.45) is 0.958. The van der Waals surface area contributed by atoms with Crippen molar-refractivity contribution in [3.63, 3.8) is 0 Å². The van der Waals surface area contributed by atoms with E-state index in [2.05, 4.69) is 12.6 Å². The van der Waals surface area contributed by atoms with Crippen LogP contribution < -0.4 is 4.87 Å². The molecule has 0 aliphatic heterocycles. The van der Waals surface area contributed by atoms with Gasteiger partial charge in [-0.15, -0.1) is 0 Å². The van der Waals surface area contributed by atoms with Crippen LogP contribution in [0.5, 0.6) is 0 Å². The first-order chi connectivity index (χ1) is 5.66. The van der Waals surface area contributed by atoms with Gasteiger partial charge in [-0.05, 0) is 26.0 Å². The quantitative estimate of drug-likeness (QED) is 0.744. The van der Waals surface area contributed by atoms with E-state index < -0.39 is 0 Å². The van der Waals surface area contributed by atoms with Crippen LogP contribution in [0, 0.1) is 13.8 Å². The number of thiol groups is 1. The monoisotopic (exact) mass is 203 g/mol. The number of aryl methyl sites for hydroxylation is 1. The third-order valence-corrected chi connectivity index (χ3v) is 3.23. The summed E-state index contributed by atoms with van der Waals surface area (Å²) in [4.78, 5) is 12.6. The van der Waals surface area contributed by atoms with Crippen molar-refractivity contribution >= 4 is 24.0 Å². The first-order valence-corrected chi connectivity index (χ1v) is 5.39. The van der Waals surface area contributed by atoms with Gasteiger partial charge < -0.3 is 4.57 Å². The Balaban J connectivity index is 2.90. The molecule has 12 heavy (non-hydrogen) atoms. The largest absolute Gasteiger partial charge is 0.307 e. The minimum absolute atomic E-state index is 0.159. The van der Waals surface area contributed by atoms with Crippen LogP contribution in [0.1, 0.15) is 17.0 Å². The van der Waals surface area contributed by atoms with Gasteiger partial charge in [-0.3, -0.25) is 4.79 Å². The van der Waals surface area contributed by atoms with Crippen molar-refractivity contribution in [2.24, 2.45) is 0 Å². The summed E-state index contributed by atoms with van der Waals surface area (Å²) in [5.74, 6) is 0.834. The highest BCUT2D eigenvalue weighted by Gasteiger charge is 2.05. The SMILES string of the molecule is Cc1sc(=O)n(CCCS)c1C. The van der Waals surface area contributed by atoms with Gasteiger partial charge >= 0.3 is 4.87 Å². The molecule has 0 atom stereocenters. The topological polar surface area (TPSA) is 22.0 Å². The van der Waals surface area contributed by atoms with Gasteiger partial charge in [0.1, 0.15) is 0 Å². The second-order valence-electron chi connectivity index (χ2n) is 2.74. The van der Waals surface area contributed by atoms with Gasteiger partial charge in [0.25, 0.3) is 0 Å². The summed E-state index contributed by atoms with van der Waals surface area (Å²) < 4.78 is 1.83. The first kappa shape index (κ1) is 9.86. The maximum Gasteiger partial charge on any atom is 0.307 e. The zero-order chi connectivity index (χ0) is 9.14. The minimum atomic E-state index is 0.159. The molecule has 0 saturated heterocycles. The molecule has 0 aliphatic carbocycles. The van der Waals surface area contributed by atoms with E-state index in [-0.39, 0.29) is 4.87 Å². The Hall–Kier alpha value is -0.220. The Labute approximate surface area is 81.6 Å². The average molecular weight is 203 g/mol. The molecule has 1 aromatic heterocycles. The number of hydrogen-bond donors (Lipinski definition) is 1. The molecule has 0 spiro atoms. The van der Waals surface area contributed by atoms with E-state index in [4.69, 9.17) is 0 Å². The lowest BCUT2D eigenvalue weighted by atomic mass is 10.4. The zero-order valence-corrected chi connectivity index (χ0v) is 9.04. The normalized spacial score (nSPS) is 10.6. The molecule has 0 N–H and O–H groups in total. The first-order valence-electron chi connectivity index (χ1n) is 3.94. The lowest BCUT2D eigenvalue weighted by Gasteiger charge is -2.01. The molecule has 4 heteroatoms. The fourth-order valence-electron chi connectivity index (χ4n) is 1.07. The molecule has 0 bridgehead atoms. The van der Waals surface area contributed by atoms with Crippen LogP contribution in [-0.4, -0.2) is 10.3 Å². The van der Waals surface area contributed by atoms with Gasteiger partial charge in [-0.2, -0.15) is 12.6 Å². The standard InChI is InChI=1S/C8H13NOS2/c1-6-7(2)12-8(10)9(6)4-3-5-11/h11H,3-5H2,1-2H3. The van der Waals surface area contributed by atoms with Crippen molar-refractivity contribution in [1.82, 2.24) is 4.57 Å². The molecule has 1 heterocycles. The van der Waals surface area contributed by atoms with Gasteiger partial charge in [-0.25, -0.2) is 0 Å². The lowest BCUT2D eigenvalue weighted by molar-refractivity contribution is 0.654. The molecule has 0 radical (unpaired) electrons. The van der Waals surface area contributed by atoms with Gasteiger partial charge in [0.2, 0.25) is 0 Å². The minimum Gasteiger partial charge on any atom is -0.303 e. The Morgan fingerprint density at radius 2 is 2.17 bits per heavy atom. The molecular formula is C8H13NOS2. The van der Waals surface area contributed by atoms with Gasteiger partial charge in [0, 0.05) is 17.1 Å². The fraction of sp³-hybridized carbons (Fsp3) is 0.625. The summed E-state index contributed by atoms with van der Waals surface area (Å²) in [6, 6.07) is 0. The third-order valence-electron chi connectivity index (χ3n) is 1.92. The Morgan fingerprint density at radius 1 is 1.50 bits per heavy atom. The van der Waals surface area contributed by atoms with E-state index in [9.17, 15) is 4.79 Å². The molecule has 1 rings (SSSR count). The van der Waals surface area contributed by atoms with Crippen LogP contribution in [0.3, 0.4) is 0 Å². The van der Waals surface area contributed by atoms with E-state index in [1.165, 1.54) is 11.3 Å². The van der Waals surface area contributed by atoms with Gasteiger partial charge in [0.05, 0.1) is 0 Å². The van der Waals surface area contributed by atoms with E-state index in [1.54, 1.807) is 0 Å². The van der Waals surface area contributed by atoms with Crippen molar-refractivity contribution < 1.29 is 0 Å². The van der Waals surface area contributed by atoms with Crippen molar-refractivity contribution in [1.29, 1.82) is 0 Å². The fourth-order valence-corrected chi connectivity index (χ4v) is 2.07. The highest BCUT2D eigenvalue weighted by atomic mass is 32.1. The van der Waals surface area contributed by atoms with Crippen LogP contribution in [0.4, 0.5) is 0 Å². The Kier molecular flexibility index (Phi) is 3.40. The Morgan fingerprint density at radius 3 is 2.58 bits per heavy atom. The highest BCUT2D eigenvalue weighted by molar-refractivity contribution is 7.80. The van der Waals surface area contributed by atoms with Crippen molar-refractivity contribution in [2.75, 3.05) is 5.75 Å². The smallest absolute Gasteiger partial charge is 0.303 e.